The van der Waals surface area contributed by atoms with Gasteiger partial charge in [-0.25, -0.2) is 4.98 Å². The van der Waals surface area contributed by atoms with Gasteiger partial charge in [0.2, 0.25) is 11.6 Å². The summed E-state index contributed by atoms with van der Waals surface area (Å²) in [5, 5.41) is 1.08. The summed E-state index contributed by atoms with van der Waals surface area (Å²) in [6.07, 6.45) is 6.30. The number of allylic oxidation sites excluding steroid dienone is 1. The quantitative estimate of drug-likeness (QED) is 0.219. The molecule has 1 aliphatic carbocycles. The maximum atomic E-state index is 12.9. The highest BCUT2D eigenvalue weighted by atomic mass is 32.1. The Morgan fingerprint density at radius 3 is 2.20 bits per heavy atom. The number of anilines is 3. The van der Waals surface area contributed by atoms with Gasteiger partial charge in [-0.3, -0.25) is 14.5 Å². The highest BCUT2D eigenvalue weighted by Crippen LogP contribution is 2.61. The minimum absolute atomic E-state index is 0.189. The minimum Gasteiger partial charge on any atom is -0.471 e. The summed E-state index contributed by atoms with van der Waals surface area (Å²) in [6.45, 7) is 9.00. The number of benzene rings is 1. The molecular formula is C29H22N2O3S. The predicted molar refractivity (Wildman–Crippen MR) is 136 cm³/mol. The molecule has 5 nitrogen and oxygen atoms in total. The molecule has 0 spiro atoms. The van der Waals surface area contributed by atoms with E-state index < -0.39 is 0 Å². The summed E-state index contributed by atoms with van der Waals surface area (Å²) in [5.74, 6) is 0.383. The third-order valence-corrected chi connectivity index (χ3v) is 8.88. The van der Waals surface area contributed by atoms with E-state index in [-0.39, 0.29) is 28.0 Å². The van der Waals surface area contributed by atoms with E-state index in [0.717, 1.165) is 21.3 Å². The number of hydrogen-bond acceptors (Lipinski definition) is 6. The first-order valence-electron chi connectivity index (χ1n) is 11.6. The number of fused-ring (bicyclic) bond motifs is 5. The van der Waals surface area contributed by atoms with Crippen molar-refractivity contribution < 1.29 is 14.0 Å². The molecule has 0 saturated heterocycles. The Kier molecular flexibility index (Phi) is 3.80. The first kappa shape index (κ1) is 20.6. The Balaban J connectivity index is 1.47. The lowest BCUT2D eigenvalue weighted by Crippen LogP contribution is -2.37. The molecule has 0 saturated carbocycles. The highest BCUT2D eigenvalue weighted by Gasteiger charge is 2.47. The van der Waals surface area contributed by atoms with Crippen molar-refractivity contribution in [1.29, 1.82) is 0 Å². The van der Waals surface area contributed by atoms with Crippen LogP contribution in [-0.2, 0) is 10.8 Å². The van der Waals surface area contributed by atoms with Crippen LogP contribution in [0.4, 0.5) is 16.5 Å². The molecule has 0 radical (unpaired) electrons. The van der Waals surface area contributed by atoms with Crippen LogP contribution in [0.3, 0.4) is 0 Å². The molecule has 4 aromatic rings. The molecule has 0 fully saturated rings. The van der Waals surface area contributed by atoms with Gasteiger partial charge < -0.3 is 4.42 Å². The summed E-state index contributed by atoms with van der Waals surface area (Å²) in [4.78, 5) is 33.7. The zero-order valence-corrected chi connectivity index (χ0v) is 20.6. The molecule has 0 atom stereocenters. The summed E-state index contributed by atoms with van der Waals surface area (Å²) in [6, 6.07) is 12.9. The smallest absolute Gasteiger partial charge is 0.201 e. The van der Waals surface area contributed by atoms with Crippen LogP contribution < -0.4 is 4.90 Å². The van der Waals surface area contributed by atoms with E-state index in [0.29, 0.717) is 11.1 Å². The van der Waals surface area contributed by atoms with E-state index in [2.05, 4.69) is 62.9 Å². The van der Waals surface area contributed by atoms with Crippen LogP contribution in [0, 0.1) is 0 Å². The summed E-state index contributed by atoms with van der Waals surface area (Å²) in [7, 11) is 0. The molecule has 6 heteroatoms. The second-order valence-electron chi connectivity index (χ2n) is 10.4. The Hall–Kier alpha value is -3.77. The molecule has 0 unspecified atom stereocenters. The zero-order chi connectivity index (χ0) is 24.3. The van der Waals surface area contributed by atoms with Crippen molar-refractivity contribution in [3.8, 4) is 0 Å². The first-order valence-corrected chi connectivity index (χ1v) is 12.4. The van der Waals surface area contributed by atoms with E-state index >= 15 is 0 Å². The van der Waals surface area contributed by atoms with Gasteiger partial charge in [-0.2, -0.15) is 0 Å². The molecule has 0 N–H and O–H groups in total. The van der Waals surface area contributed by atoms with E-state index in [1.54, 1.807) is 17.4 Å². The average Bonchev–Trinajstić information content (AvgIpc) is 3.54. The topological polar surface area (TPSA) is 63.4 Å². The number of ketones is 2. The van der Waals surface area contributed by atoms with Crippen molar-refractivity contribution in [3.63, 3.8) is 0 Å². The standard InChI is InChI=1S/C29H22N2O3S/c1-28(2)19-7-5-8-20-23(19)31(26-21(28)9-6-10-30-26)27-22(29(20,3)4)12-15(35-27)11-16-24(32)17-13-34-14-18(17)25(16)33/h5-14H,1-4H3. The normalized spacial score (nSPS) is 18.2. The number of aromatic nitrogens is 1. The average molecular weight is 479 g/mol. The van der Waals surface area contributed by atoms with Gasteiger partial charge in [0.05, 0.1) is 22.4 Å². The van der Waals surface area contributed by atoms with Crippen molar-refractivity contribution in [3.05, 3.63) is 99.0 Å². The lowest BCUT2D eigenvalue weighted by molar-refractivity contribution is 0.0988. The van der Waals surface area contributed by atoms with Gasteiger partial charge in [-0.1, -0.05) is 52.0 Å². The van der Waals surface area contributed by atoms with Gasteiger partial charge in [0.1, 0.15) is 23.3 Å². The van der Waals surface area contributed by atoms with Crippen molar-refractivity contribution in [2.24, 2.45) is 0 Å². The van der Waals surface area contributed by atoms with E-state index in [1.165, 1.54) is 34.9 Å². The molecule has 5 heterocycles. The van der Waals surface area contributed by atoms with Gasteiger partial charge >= 0.3 is 0 Å². The molecular weight excluding hydrogens is 456 g/mol. The second kappa shape index (κ2) is 6.46. The van der Waals surface area contributed by atoms with Crippen LogP contribution in [0.1, 0.15) is 75.5 Å². The van der Waals surface area contributed by atoms with Crippen molar-refractivity contribution in [2.45, 2.75) is 38.5 Å². The van der Waals surface area contributed by atoms with Crippen molar-refractivity contribution >= 4 is 45.5 Å². The SMILES string of the molecule is CC1(C)c2cccnc2N2c3sc(C=C4C(=O)c5cocc5C4=O)cc3C(C)(C)c3cccc1c32. The lowest BCUT2D eigenvalue weighted by atomic mass is 9.68. The number of furan rings is 1. The van der Waals surface area contributed by atoms with Gasteiger partial charge in [-0.05, 0) is 34.9 Å². The lowest BCUT2D eigenvalue weighted by Gasteiger charge is -2.47. The molecule has 0 amide bonds. The fraction of sp³-hybridized carbons (Fsp3) is 0.207. The van der Waals surface area contributed by atoms with Crippen LogP contribution in [0.5, 0.6) is 0 Å². The van der Waals surface area contributed by atoms with E-state index in [1.807, 2.05) is 12.3 Å². The molecule has 3 aromatic heterocycles. The number of thiophene rings is 1. The predicted octanol–water partition coefficient (Wildman–Crippen LogP) is 6.95. The largest absolute Gasteiger partial charge is 0.471 e. The zero-order valence-electron chi connectivity index (χ0n) is 19.8. The fourth-order valence-electron chi connectivity index (χ4n) is 5.85. The van der Waals surface area contributed by atoms with Crippen LogP contribution in [0.2, 0.25) is 0 Å². The second-order valence-corrected chi connectivity index (χ2v) is 11.5. The maximum Gasteiger partial charge on any atom is 0.201 e. The van der Waals surface area contributed by atoms with Crippen LogP contribution in [0.25, 0.3) is 6.08 Å². The van der Waals surface area contributed by atoms with Gasteiger partial charge in [0, 0.05) is 27.5 Å². The molecule has 2 aliphatic heterocycles. The minimum atomic E-state index is -0.276. The first-order chi connectivity index (χ1) is 16.7. The maximum absolute atomic E-state index is 12.9. The number of para-hydroxylation sites is 1. The Morgan fingerprint density at radius 2 is 1.51 bits per heavy atom. The monoisotopic (exact) mass is 478 g/mol. The summed E-state index contributed by atoms with van der Waals surface area (Å²) < 4.78 is 5.07. The molecule has 0 bridgehead atoms. The molecule has 1 aromatic carbocycles. The van der Waals surface area contributed by atoms with E-state index in [4.69, 9.17) is 9.40 Å². The number of Topliss-reactive ketones (excluding diaryl/α,β-unsaturated/α-hetero) is 2. The molecule has 172 valence electrons. The van der Waals surface area contributed by atoms with Gasteiger partial charge in [0.25, 0.3) is 0 Å². The Morgan fingerprint density at radius 1 is 0.886 bits per heavy atom. The summed E-state index contributed by atoms with van der Waals surface area (Å²) in [5.41, 5.74) is 6.49. The van der Waals surface area contributed by atoms with Gasteiger partial charge in [0.15, 0.2) is 0 Å². The molecule has 7 rings (SSSR count). The fourth-order valence-corrected chi connectivity index (χ4v) is 7.12. The van der Waals surface area contributed by atoms with Gasteiger partial charge in [-0.15, -0.1) is 11.3 Å². The highest BCUT2D eigenvalue weighted by molar-refractivity contribution is 7.17. The molecule has 3 aliphatic rings. The van der Waals surface area contributed by atoms with E-state index in [9.17, 15) is 9.59 Å². The third kappa shape index (κ3) is 2.45. The number of carbonyl (C=O) groups excluding carboxylic acids is 2. The number of nitrogens with zero attached hydrogens (tertiary/aromatic N) is 2. The number of carbonyl (C=O) groups is 2. The number of hydrogen-bond donors (Lipinski definition) is 0. The summed E-state index contributed by atoms with van der Waals surface area (Å²) >= 11 is 1.59. The number of rotatable bonds is 1. The number of pyridine rings is 1. The van der Waals surface area contributed by atoms with Crippen LogP contribution in [-0.4, -0.2) is 16.6 Å². The Labute approximate surface area is 206 Å². The Bertz CT molecular complexity index is 1620. The van der Waals surface area contributed by atoms with Crippen LogP contribution >= 0.6 is 11.3 Å². The van der Waals surface area contributed by atoms with Crippen LogP contribution in [0.15, 0.2) is 65.1 Å². The van der Waals surface area contributed by atoms with Crippen molar-refractivity contribution in [1.82, 2.24) is 4.98 Å². The third-order valence-electron chi connectivity index (χ3n) is 7.81. The molecule has 35 heavy (non-hydrogen) atoms. The van der Waals surface area contributed by atoms with Crippen molar-refractivity contribution in [2.75, 3.05) is 4.90 Å².